The lowest BCUT2D eigenvalue weighted by atomic mass is 10.2. The lowest BCUT2D eigenvalue weighted by Gasteiger charge is -2.04. The van der Waals surface area contributed by atoms with Crippen molar-refractivity contribution in [3.63, 3.8) is 0 Å². The number of benzene rings is 1. The molecule has 0 aliphatic heterocycles. The lowest BCUT2D eigenvalue weighted by molar-refractivity contribution is 0.770. The van der Waals surface area contributed by atoms with Crippen LogP contribution in [0.2, 0.25) is 10.0 Å². The second-order valence-corrected chi connectivity index (χ2v) is 3.61. The molecule has 0 unspecified atom stereocenters. The normalized spacial score (nSPS) is 9.36. The molecule has 1 aromatic rings. The van der Waals surface area contributed by atoms with Crippen LogP contribution < -0.4 is 5.32 Å². The first-order valence-electron chi connectivity index (χ1n) is 4.28. The Labute approximate surface area is 94.4 Å². The molecule has 1 aromatic carbocycles. The van der Waals surface area contributed by atoms with Crippen molar-refractivity contribution in [1.29, 1.82) is 0 Å². The Morgan fingerprint density at radius 1 is 1.36 bits per heavy atom. The van der Waals surface area contributed by atoms with Gasteiger partial charge in [0.2, 0.25) is 0 Å². The number of halogens is 2. The molecule has 3 heteroatoms. The van der Waals surface area contributed by atoms with Crippen LogP contribution in [0.25, 0.3) is 0 Å². The molecule has 0 heterocycles. The maximum atomic E-state index is 5.98. The van der Waals surface area contributed by atoms with Gasteiger partial charge in [-0.1, -0.05) is 35.2 Å². The van der Waals surface area contributed by atoms with Gasteiger partial charge in [0, 0.05) is 16.6 Å². The molecule has 0 radical (unpaired) electrons. The summed E-state index contributed by atoms with van der Waals surface area (Å²) in [6.07, 6.45) is 0. The van der Waals surface area contributed by atoms with E-state index in [-0.39, 0.29) is 0 Å². The first-order valence-corrected chi connectivity index (χ1v) is 5.04. The predicted molar refractivity (Wildman–Crippen MR) is 61.6 cm³/mol. The molecular formula is C11H11Cl2N. The smallest absolute Gasteiger partial charge is 0.0579 e. The molecule has 14 heavy (non-hydrogen) atoms. The van der Waals surface area contributed by atoms with Crippen molar-refractivity contribution in [2.75, 3.05) is 6.54 Å². The van der Waals surface area contributed by atoms with Crippen LogP contribution in [0, 0.1) is 11.8 Å². The van der Waals surface area contributed by atoms with Crippen LogP contribution >= 0.6 is 23.2 Å². The number of rotatable bonds is 3. The first-order chi connectivity index (χ1) is 6.74. The molecule has 0 spiro atoms. The van der Waals surface area contributed by atoms with Crippen molar-refractivity contribution in [1.82, 2.24) is 5.32 Å². The Hall–Kier alpha value is -0.680. The van der Waals surface area contributed by atoms with Crippen molar-refractivity contribution >= 4 is 23.2 Å². The average Bonchev–Trinajstić information content (AvgIpc) is 2.15. The minimum absolute atomic E-state index is 0.659. The van der Waals surface area contributed by atoms with Crippen LogP contribution in [0.1, 0.15) is 12.5 Å². The summed E-state index contributed by atoms with van der Waals surface area (Å²) in [5, 5.41) is 4.51. The zero-order valence-electron chi connectivity index (χ0n) is 7.90. The van der Waals surface area contributed by atoms with Crippen LogP contribution in [0.3, 0.4) is 0 Å². The van der Waals surface area contributed by atoms with Crippen LogP contribution in [0.4, 0.5) is 0 Å². The Morgan fingerprint density at radius 2 is 2.14 bits per heavy atom. The minimum atomic E-state index is 0.659. The Morgan fingerprint density at radius 3 is 2.79 bits per heavy atom. The fourth-order valence-corrected chi connectivity index (χ4v) is 1.49. The zero-order chi connectivity index (χ0) is 10.4. The quantitative estimate of drug-likeness (QED) is 0.619. The van der Waals surface area contributed by atoms with Gasteiger partial charge in [-0.25, -0.2) is 0 Å². The van der Waals surface area contributed by atoms with Gasteiger partial charge >= 0.3 is 0 Å². The molecule has 0 fully saturated rings. The van der Waals surface area contributed by atoms with Gasteiger partial charge in [-0.05, 0) is 24.6 Å². The van der Waals surface area contributed by atoms with Crippen LogP contribution in [0.15, 0.2) is 18.2 Å². The zero-order valence-corrected chi connectivity index (χ0v) is 9.41. The summed E-state index contributed by atoms with van der Waals surface area (Å²) in [5.41, 5.74) is 1.04. The molecule has 1 nitrogen and oxygen atoms in total. The molecule has 0 saturated heterocycles. The van der Waals surface area contributed by atoms with Gasteiger partial charge in [0.1, 0.15) is 0 Å². The molecule has 74 valence electrons. The molecule has 0 bridgehead atoms. The van der Waals surface area contributed by atoms with Crippen LogP contribution in [-0.4, -0.2) is 6.54 Å². The molecule has 0 atom stereocenters. The molecule has 1 N–H and O–H groups in total. The van der Waals surface area contributed by atoms with Gasteiger partial charge in [-0.2, -0.15) is 0 Å². The van der Waals surface area contributed by atoms with Crippen molar-refractivity contribution in [2.45, 2.75) is 13.5 Å². The fraction of sp³-hybridized carbons (Fsp3) is 0.273. The molecule has 1 rings (SSSR count). The summed E-state index contributed by atoms with van der Waals surface area (Å²) in [7, 11) is 0. The second kappa shape index (κ2) is 5.93. The second-order valence-electron chi connectivity index (χ2n) is 2.77. The van der Waals surface area contributed by atoms with E-state index in [0.29, 0.717) is 23.1 Å². The van der Waals surface area contributed by atoms with E-state index in [4.69, 9.17) is 23.2 Å². The number of nitrogens with one attached hydrogen (secondary N) is 1. The Bertz CT molecular complexity index is 363. The third-order valence-electron chi connectivity index (χ3n) is 1.72. The van der Waals surface area contributed by atoms with E-state index < -0.39 is 0 Å². The minimum Gasteiger partial charge on any atom is -0.302 e. The summed E-state index contributed by atoms with van der Waals surface area (Å²) < 4.78 is 0. The molecule has 0 amide bonds. The maximum Gasteiger partial charge on any atom is 0.0579 e. The van der Waals surface area contributed by atoms with E-state index in [0.717, 1.165) is 5.56 Å². The Kier molecular flexibility index (Phi) is 4.82. The number of hydrogen-bond acceptors (Lipinski definition) is 1. The van der Waals surface area contributed by atoms with E-state index in [2.05, 4.69) is 17.2 Å². The summed E-state index contributed by atoms with van der Waals surface area (Å²) in [4.78, 5) is 0. The van der Waals surface area contributed by atoms with Crippen LogP contribution in [0.5, 0.6) is 0 Å². The molecular weight excluding hydrogens is 217 g/mol. The average molecular weight is 228 g/mol. The van der Waals surface area contributed by atoms with E-state index in [1.807, 2.05) is 19.1 Å². The first kappa shape index (κ1) is 11.4. The monoisotopic (exact) mass is 227 g/mol. The van der Waals surface area contributed by atoms with Gasteiger partial charge < -0.3 is 5.32 Å². The van der Waals surface area contributed by atoms with E-state index in [1.165, 1.54) is 0 Å². The van der Waals surface area contributed by atoms with Gasteiger partial charge in [-0.3, -0.25) is 0 Å². The van der Waals surface area contributed by atoms with Crippen molar-refractivity contribution in [3.05, 3.63) is 33.8 Å². The lowest BCUT2D eigenvalue weighted by Crippen LogP contribution is -2.13. The van der Waals surface area contributed by atoms with Gasteiger partial charge in [-0.15, -0.1) is 5.92 Å². The predicted octanol–water partition coefficient (Wildman–Crippen LogP) is 3.11. The third kappa shape index (κ3) is 3.59. The summed E-state index contributed by atoms with van der Waals surface area (Å²) >= 11 is 11.8. The third-order valence-corrected chi connectivity index (χ3v) is 2.31. The fourth-order valence-electron chi connectivity index (χ4n) is 1.01. The van der Waals surface area contributed by atoms with Crippen molar-refractivity contribution in [3.8, 4) is 11.8 Å². The van der Waals surface area contributed by atoms with Crippen molar-refractivity contribution < 1.29 is 0 Å². The molecule has 0 aromatic heterocycles. The summed E-state index contributed by atoms with van der Waals surface area (Å²) in [6.45, 7) is 3.21. The maximum absolute atomic E-state index is 5.98. The van der Waals surface area contributed by atoms with Crippen LogP contribution in [-0.2, 0) is 6.54 Å². The topological polar surface area (TPSA) is 12.0 Å². The summed E-state index contributed by atoms with van der Waals surface area (Å²) in [6, 6.07) is 5.48. The van der Waals surface area contributed by atoms with E-state index in [1.54, 1.807) is 6.07 Å². The summed E-state index contributed by atoms with van der Waals surface area (Å²) in [5.74, 6) is 5.73. The molecule has 0 aliphatic carbocycles. The molecule has 0 aliphatic rings. The van der Waals surface area contributed by atoms with Gasteiger partial charge in [0.05, 0.1) is 6.54 Å². The highest BCUT2D eigenvalue weighted by atomic mass is 35.5. The molecule has 0 saturated carbocycles. The standard InChI is InChI=1S/C11H11Cl2N/c1-2-3-6-14-8-9-4-5-10(12)7-11(9)13/h4-5,7,14H,6,8H2,1H3. The largest absolute Gasteiger partial charge is 0.302 e. The van der Waals surface area contributed by atoms with Crippen molar-refractivity contribution in [2.24, 2.45) is 0 Å². The highest BCUT2D eigenvalue weighted by Gasteiger charge is 1.99. The van der Waals surface area contributed by atoms with Gasteiger partial charge in [0.15, 0.2) is 0 Å². The number of hydrogen-bond donors (Lipinski definition) is 1. The van der Waals surface area contributed by atoms with E-state index >= 15 is 0 Å². The SMILES string of the molecule is CC#CCNCc1ccc(Cl)cc1Cl. The highest BCUT2D eigenvalue weighted by Crippen LogP contribution is 2.20. The van der Waals surface area contributed by atoms with Gasteiger partial charge in [0.25, 0.3) is 0 Å². The Balaban J connectivity index is 2.53. The van der Waals surface area contributed by atoms with E-state index in [9.17, 15) is 0 Å². The highest BCUT2D eigenvalue weighted by molar-refractivity contribution is 6.35.